The van der Waals surface area contributed by atoms with Crippen molar-refractivity contribution >= 4 is 28.6 Å². The number of furan rings is 1. The highest BCUT2D eigenvalue weighted by atomic mass is 127. The van der Waals surface area contributed by atoms with E-state index in [4.69, 9.17) is 4.42 Å². The second kappa shape index (κ2) is 5.70. The van der Waals surface area contributed by atoms with Crippen molar-refractivity contribution < 1.29 is 23.4 Å². The lowest BCUT2D eigenvalue weighted by Gasteiger charge is -2.10. The first-order valence-electron chi connectivity index (χ1n) is 5.34. The molecule has 1 atom stereocenters. The number of carbonyl (C=O) groups excluding carboxylic acids is 1. The van der Waals surface area contributed by atoms with E-state index in [0.29, 0.717) is 9.13 Å². The molecule has 0 aliphatic heterocycles. The molecule has 1 aromatic carbocycles. The Labute approximate surface area is 122 Å². The van der Waals surface area contributed by atoms with Crippen LogP contribution in [0.5, 0.6) is 0 Å². The first-order valence-corrected chi connectivity index (χ1v) is 6.42. The van der Waals surface area contributed by atoms with Crippen LogP contribution < -0.4 is 0 Å². The summed E-state index contributed by atoms with van der Waals surface area (Å²) in [6.07, 6.45) is -1.06. The third-order valence-electron chi connectivity index (χ3n) is 2.54. The molecule has 0 bridgehead atoms. The molecular formula is C13H10FIO4. The van der Waals surface area contributed by atoms with Crippen molar-refractivity contribution in [1.82, 2.24) is 0 Å². The fraction of sp³-hybridized carbons (Fsp3) is 0.154. The summed E-state index contributed by atoms with van der Waals surface area (Å²) in [4.78, 5) is 11.2. The number of esters is 1. The lowest BCUT2D eigenvalue weighted by molar-refractivity contribution is 0.0558. The van der Waals surface area contributed by atoms with Crippen molar-refractivity contribution in [2.75, 3.05) is 7.11 Å². The van der Waals surface area contributed by atoms with Gasteiger partial charge in [0.15, 0.2) is 0 Å². The zero-order chi connectivity index (χ0) is 14.0. The maximum atomic E-state index is 13.0. The maximum Gasteiger partial charge on any atom is 0.373 e. The molecule has 0 radical (unpaired) electrons. The quantitative estimate of drug-likeness (QED) is 0.661. The molecule has 0 aliphatic rings. The third-order valence-corrected chi connectivity index (χ3v) is 3.47. The van der Waals surface area contributed by atoms with Crippen molar-refractivity contribution in [2.45, 2.75) is 6.10 Å². The largest absolute Gasteiger partial charge is 0.463 e. The number of ether oxygens (including phenoxy) is 1. The van der Waals surface area contributed by atoms with E-state index in [0.717, 1.165) is 0 Å². The summed E-state index contributed by atoms with van der Waals surface area (Å²) in [7, 11) is 1.24. The van der Waals surface area contributed by atoms with Crippen LogP contribution in [0.1, 0.15) is 28.0 Å². The van der Waals surface area contributed by atoms with Gasteiger partial charge in [-0.2, -0.15) is 0 Å². The summed E-state index contributed by atoms with van der Waals surface area (Å²) in [6, 6.07) is 6.94. The molecule has 0 saturated heterocycles. The van der Waals surface area contributed by atoms with Gasteiger partial charge in [-0.3, -0.25) is 0 Å². The van der Waals surface area contributed by atoms with E-state index in [9.17, 15) is 14.3 Å². The molecule has 6 heteroatoms. The SMILES string of the molecule is COC(=O)c1ccc(C(O)c2ccc(F)cc2I)o1. The maximum absolute atomic E-state index is 13.0. The third kappa shape index (κ3) is 2.95. The number of hydrogen-bond donors (Lipinski definition) is 1. The normalized spacial score (nSPS) is 12.2. The van der Waals surface area contributed by atoms with E-state index >= 15 is 0 Å². The number of benzene rings is 1. The molecule has 1 heterocycles. The number of methoxy groups -OCH3 is 1. The van der Waals surface area contributed by atoms with E-state index in [-0.39, 0.29) is 17.3 Å². The molecule has 1 N–H and O–H groups in total. The van der Waals surface area contributed by atoms with E-state index in [2.05, 4.69) is 4.74 Å². The summed E-state index contributed by atoms with van der Waals surface area (Å²) in [6.45, 7) is 0. The lowest BCUT2D eigenvalue weighted by atomic mass is 10.1. The van der Waals surface area contributed by atoms with Crippen molar-refractivity contribution in [1.29, 1.82) is 0 Å². The van der Waals surface area contributed by atoms with Gasteiger partial charge in [0, 0.05) is 9.13 Å². The molecule has 4 nitrogen and oxygen atoms in total. The second-order valence-corrected chi connectivity index (χ2v) is 4.92. The number of aliphatic hydroxyl groups is 1. The van der Waals surface area contributed by atoms with Crippen LogP contribution in [0.2, 0.25) is 0 Å². The van der Waals surface area contributed by atoms with Crippen LogP contribution in [0.25, 0.3) is 0 Å². The minimum atomic E-state index is -1.06. The molecule has 0 amide bonds. The molecule has 19 heavy (non-hydrogen) atoms. The topological polar surface area (TPSA) is 59.7 Å². The van der Waals surface area contributed by atoms with Crippen LogP contribution in [-0.2, 0) is 4.74 Å². The van der Waals surface area contributed by atoms with Gasteiger partial charge in [-0.05, 0) is 46.9 Å². The van der Waals surface area contributed by atoms with Gasteiger partial charge >= 0.3 is 5.97 Å². The Morgan fingerprint density at radius 2 is 2.16 bits per heavy atom. The van der Waals surface area contributed by atoms with Gasteiger partial charge in [0.2, 0.25) is 5.76 Å². The number of carbonyl (C=O) groups is 1. The monoisotopic (exact) mass is 376 g/mol. The molecule has 1 aromatic heterocycles. The number of hydrogen-bond acceptors (Lipinski definition) is 4. The first kappa shape index (κ1) is 14.0. The minimum absolute atomic E-state index is 0.00803. The predicted molar refractivity (Wildman–Crippen MR) is 73.2 cm³/mol. The molecule has 0 aliphatic carbocycles. The molecule has 0 saturated carbocycles. The van der Waals surface area contributed by atoms with Crippen LogP contribution in [0.3, 0.4) is 0 Å². The van der Waals surface area contributed by atoms with Gasteiger partial charge in [0.05, 0.1) is 7.11 Å². The number of aliphatic hydroxyl groups excluding tert-OH is 1. The van der Waals surface area contributed by atoms with Crippen LogP contribution in [0.15, 0.2) is 34.7 Å². The van der Waals surface area contributed by atoms with Crippen molar-refractivity contribution in [3.05, 3.63) is 56.8 Å². The molecular weight excluding hydrogens is 366 g/mol. The summed E-state index contributed by atoms with van der Waals surface area (Å²) in [5, 5.41) is 10.2. The highest BCUT2D eigenvalue weighted by Crippen LogP contribution is 2.28. The standard InChI is InChI=1S/C13H10FIO4/c1-18-13(17)11-5-4-10(19-11)12(16)8-3-2-7(14)6-9(8)15/h2-6,12,16H,1H3. The van der Waals surface area contributed by atoms with Gasteiger partial charge in [0.1, 0.15) is 17.7 Å². The van der Waals surface area contributed by atoms with Crippen LogP contribution in [0, 0.1) is 9.39 Å². The number of rotatable bonds is 3. The Balaban J connectivity index is 2.31. The Kier molecular flexibility index (Phi) is 4.20. The fourth-order valence-electron chi connectivity index (χ4n) is 1.59. The highest BCUT2D eigenvalue weighted by molar-refractivity contribution is 14.1. The average molecular weight is 376 g/mol. The van der Waals surface area contributed by atoms with Crippen molar-refractivity contribution in [2.24, 2.45) is 0 Å². The van der Waals surface area contributed by atoms with E-state index in [1.807, 2.05) is 22.6 Å². The highest BCUT2D eigenvalue weighted by Gasteiger charge is 2.20. The molecule has 0 spiro atoms. The summed E-state index contributed by atoms with van der Waals surface area (Å²) in [5.74, 6) is -0.791. The predicted octanol–water partition coefficient (Wildman–Crippen LogP) is 2.89. The van der Waals surface area contributed by atoms with Gasteiger partial charge in [0.25, 0.3) is 0 Å². The molecule has 1 unspecified atom stereocenters. The minimum Gasteiger partial charge on any atom is -0.463 e. The van der Waals surface area contributed by atoms with Crippen LogP contribution in [0.4, 0.5) is 4.39 Å². The number of halogens is 2. The van der Waals surface area contributed by atoms with E-state index < -0.39 is 12.1 Å². The average Bonchev–Trinajstić information content (AvgIpc) is 2.86. The summed E-state index contributed by atoms with van der Waals surface area (Å²) in [5.41, 5.74) is 0.507. The van der Waals surface area contributed by atoms with Crippen molar-refractivity contribution in [3.8, 4) is 0 Å². The van der Waals surface area contributed by atoms with E-state index in [1.165, 1.54) is 37.4 Å². The summed E-state index contributed by atoms with van der Waals surface area (Å²) >= 11 is 1.92. The molecule has 0 fully saturated rings. The van der Waals surface area contributed by atoms with Gasteiger partial charge in [-0.15, -0.1) is 0 Å². The molecule has 2 rings (SSSR count). The molecule has 2 aromatic rings. The Morgan fingerprint density at radius 3 is 2.79 bits per heavy atom. The Bertz CT molecular complexity index is 608. The Morgan fingerprint density at radius 1 is 1.42 bits per heavy atom. The fourth-order valence-corrected chi connectivity index (χ4v) is 2.36. The smallest absolute Gasteiger partial charge is 0.373 e. The Hall–Kier alpha value is -1.41. The van der Waals surface area contributed by atoms with E-state index in [1.54, 1.807) is 0 Å². The molecule has 100 valence electrons. The lowest BCUT2D eigenvalue weighted by Crippen LogP contribution is -2.02. The first-order chi connectivity index (χ1) is 9.02. The van der Waals surface area contributed by atoms with Crippen molar-refractivity contribution in [3.63, 3.8) is 0 Å². The van der Waals surface area contributed by atoms with Gasteiger partial charge in [-0.1, -0.05) is 6.07 Å². The summed E-state index contributed by atoms with van der Waals surface area (Å²) < 4.78 is 23.3. The van der Waals surface area contributed by atoms with Crippen LogP contribution >= 0.6 is 22.6 Å². The zero-order valence-corrected chi connectivity index (χ0v) is 12.0. The second-order valence-electron chi connectivity index (χ2n) is 3.76. The van der Waals surface area contributed by atoms with Gasteiger partial charge in [-0.25, -0.2) is 9.18 Å². The van der Waals surface area contributed by atoms with Crippen LogP contribution in [-0.4, -0.2) is 18.2 Å². The van der Waals surface area contributed by atoms with Gasteiger partial charge < -0.3 is 14.3 Å². The zero-order valence-electron chi connectivity index (χ0n) is 9.89.